The van der Waals surface area contributed by atoms with E-state index < -0.39 is 0 Å². The van der Waals surface area contributed by atoms with Crippen molar-refractivity contribution < 1.29 is 0 Å². The molecule has 2 aliphatic rings. The van der Waals surface area contributed by atoms with Gasteiger partial charge in [-0.3, -0.25) is 4.90 Å². The number of nitrogens with one attached hydrogen (secondary N) is 1. The second kappa shape index (κ2) is 8.16. The number of nitrogens with zero attached hydrogens (tertiary/aromatic N) is 1. The maximum atomic E-state index is 3.84. The lowest BCUT2D eigenvalue weighted by Crippen LogP contribution is -2.43. The number of rotatable bonds is 5. The van der Waals surface area contributed by atoms with E-state index >= 15 is 0 Å². The van der Waals surface area contributed by atoms with Crippen LogP contribution < -0.4 is 5.32 Å². The van der Waals surface area contributed by atoms with Gasteiger partial charge in [-0.15, -0.1) is 0 Å². The lowest BCUT2D eigenvalue weighted by molar-refractivity contribution is 0.144. The summed E-state index contributed by atoms with van der Waals surface area (Å²) in [6.07, 6.45) is 5.26. The van der Waals surface area contributed by atoms with Gasteiger partial charge in [-0.2, -0.15) is 0 Å². The summed E-state index contributed by atoms with van der Waals surface area (Å²) in [5.74, 6) is 1.66. The molecule has 0 amide bonds. The Hall–Kier alpha value is -1.64. The molecular formula is C23H30N2. The van der Waals surface area contributed by atoms with Gasteiger partial charge in [0.05, 0.1) is 0 Å². The topological polar surface area (TPSA) is 15.3 Å². The Morgan fingerprint density at radius 3 is 2.12 bits per heavy atom. The van der Waals surface area contributed by atoms with Crippen LogP contribution in [0.2, 0.25) is 0 Å². The monoisotopic (exact) mass is 334 g/mol. The predicted molar refractivity (Wildman–Crippen MR) is 104 cm³/mol. The zero-order valence-electron chi connectivity index (χ0n) is 15.1. The minimum absolute atomic E-state index is 0.721. The maximum Gasteiger partial charge on any atom is 0.0233 e. The van der Waals surface area contributed by atoms with Gasteiger partial charge in [0.15, 0.2) is 0 Å². The highest BCUT2D eigenvalue weighted by Gasteiger charge is 2.35. The molecule has 2 aliphatic heterocycles. The second-order valence-electron chi connectivity index (χ2n) is 7.82. The Balaban J connectivity index is 1.30. The highest BCUT2D eigenvalue weighted by Crippen LogP contribution is 2.32. The first-order valence-corrected chi connectivity index (χ1v) is 9.92. The second-order valence-corrected chi connectivity index (χ2v) is 7.82. The minimum Gasteiger partial charge on any atom is -0.313 e. The van der Waals surface area contributed by atoms with E-state index in [1.165, 1.54) is 56.4 Å². The molecule has 2 aromatic rings. The summed E-state index contributed by atoms with van der Waals surface area (Å²) in [5.41, 5.74) is 2.95. The zero-order valence-corrected chi connectivity index (χ0v) is 15.1. The van der Waals surface area contributed by atoms with Crippen molar-refractivity contribution in [3.05, 3.63) is 71.8 Å². The van der Waals surface area contributed by atoms with Crippen LogP contribution in [0.1, 0.15) is 30.4 Å². The number of benzene rings is 2. The summed E-state index contributed by atoms with van der Waals surface area (Å²) in [6.45, 7) is 4.80. The third-order valence-corrected chi connectivity index (χ3v) is 6.13. The molecule has 0 bridgehead atoms. The molecule has 132 valence electrons. The Labute approximate surface area is 152 Å². The first-order chi connectivity index (χ1) is 12.4. The van der Waals surface area contributed by atoms with Crippen LogP contribution in [0.15, 0.2) is 60.7 Å². The first kappa shape index (κ1) is 16.8. The van der Waals surface area contributed by atoms with E-state index in [0.29, 0.717) is 0 Å². The van der Waals surface area contributed by atoms with Crippen LogP contribution in [-0.4, -0.2) is 30.6 Å². The van der Waals surface area contributed by atoms with Crippen molar-refractivity contribution in [3.63, 3.8) is 0 Å². The highest BCUT2D eigenvalue weighted by atomic mass is 15.1. The lowest BCUT2D eigenvalue weighted by atomic mass is 9.80. The Bertz CT molecular complexity index is 632. The Kier molecular flexibility index (Phi) is 5.49. The molecule has 2 nitrogen and oxygen atoms in total. The number of piperidine rings is 1. The summed E-state index contributed by atoms with van der Waals surface area (Å²) in [4.78, 5) is 2.63. The van der Waals surface area contributed by atoms with E-state index in [4.69, 9.17) is 0 Å². The van der Waals surface area contributed by atoms with Gasteiger partial charge in [-0.05, 0) is 68.3 Å². The summed E-state index contributed by atoms with van der Waals surface area (Å²) in [5, 5.41) is 3.84. The quantitative estimate of drug-likeness (QED) is 0.885. The van der Waals surface area contributed by atoms with E-state index in [1.54, 1.807) is 0 Å². The van der Waals surface area contributed by atoms with Crippen LogP contribution in [0, 0.1) is 11.8 Å². The highest BCUT2D eigenvalue weighted by molar-refractivity contribution is 5.17. The molecule has 0 saturated carbocycles. The molecule has 0 spiro atoms. The molecule has 2 aromatic carbocycles. The van der Waals surface area contributed by atoms with E-state index in [2.05, 4.69) is 70.9 Å². The standard InChI is InChI=1S/C23H30N2/c1-3-7-19(8-4-1)17-22-11-14-24-23(22)21-12-15-25(16-13-21)18-20-9-5-2-6-10-20/h1-10,21-24H,11-18H2. The summed E-state index contributed by atoms with van der Waals surface area (Å²) < 4.78 is 0. The van der Waals surface area contributed by atoms with Crippen LogP contribution >= 0.6 is 0 Å². The SMILES string of the molecule is c1ccc(CC2CCNC2C2CCN(Cc3ccccc3)CC2)cc1. The van der Waals surface area contributed by atoms with Gasteiger partial charge < -0.3 is 5.32 Å². The molecule has 2 saturated heterocycles. The molecule has 1 N–H and O–H groups in total. The maximum absolute atomic E-state index is 3.84. The van der Waals surface area contributed by atoms with Gasteiger partial charge in [0.2, 0.25) is 0 Å². The molecule has 25 heavy (non-hydrogen) atoms. The fourth-order valence-corrected chi connectivity index (χ4v) is 4.79. The Morgan fingerprint density at radius 1 is 0.800 bits per heavy atom. The molecular weight excluding hydrogens is 304 g/mol. The van der Waals surface area contributed by atoms with E-state index in [9.17, 15) is 0 Å². The molecule has 2 unspecified atom stereocenters. The molecule has 2 fully saturated rings. The molecule has 0 radical (unpaired) electrons. The van der Waals surface area contributed by atoms with Crippen molar-refractivity contribution in [2.75, 3.05) is 19.6 Å². The van der Waals surface area contributed by atoms with Gasteiger partial charge in [0.1, 0.15) is 0 Å². The van der Waals surface area contributed by atoms with Crippen LogP contribution in [0.25, 0.3) is 0 Å². The normalized spacial score (nSPS) is 25.3. The van der Waals surface area contributed by atoms with Crippen LogP contribution in [0.5, 0.6) is 0 Å². The van der Waals surface area contributed by atoms with E-state index in [1.807, 2.05) is 0 Å². The number of hydrogen-bond donors (Lipinski definition) is 1. The van der Waals surface area contributed by atoms with Gasteiger partial charge in [0.25, 0.3) is 0 Å². The fraction of sp³-hybridized carbons (Fsp3) is 0.478. The van der Waals surface area contributed by atoms with Gasteiger partial charge in [-0.25, -0.2) is 0 Å². The summed E-state index contributed by atoms with van der Waals surface area (Å²) in [7, 11) is 0. The van der Waals surface area contributed by atoms with Crippen LogP contribution in [0.4, 0.5) is 0 Å². The van der Waals surface area contributed by atoms with Crippen LogP contribution in [-0.2, 0) is 13.0 Å². The molecule has 2 heteroatoms. The molecule has 0 aliphatic carbocycles. The van der Waals surface area contributed by atoms with E-state index in [0.717, 1.165) is 24.4 Å². The molecule has 4 rings (SSSR count). The largest absolute Gasteiger partial charge is 0.313 e. The molecule has 2 atom stereocenters. The molecule has 0 aromatic heterocycles. The van der Waals surface area contributed by atoms with Gasteiger partial charge in [-0.1, -0.05) is 60.7 Å². The van der Waals surface area contributed by atoms with Gasteiger partial charge >= 0.3 is 0 Å². The van der Waals surface area contributed by atoms with Crippen molar-refractivity contribution >= 4 is 0 Å². The van der Waals surface area contributed by atoms with Crippen LogP contribution in [0.3, 0.4) is 0 Å². The number of hydrogen-bond acceptors (Lipinski definition) is 2. The summed E-state index contributed by atoms with van der Waals surface area (Å²) >= 11 is 0. The third-order valence-electron chi connectivity index (χ3n) is 6.13. The average molecular weight is 335 g/mol. The molecule has 2 heterocycles. The first-order valence-electron chi connectivity index (χ1n) is 9.92. The van der Waals surface area contributed by atoms with Crippen molar-refractivity contribution in [1.29, 1.82) is 0 Å². The van der Waals surface area contributed by atoms with Crippen molar-refractivity contribution in [1.82, 2.24) is 10.2 Å². The zero-order chi connectivity index (χ0) is 16.9. The predicted octanol–water partition coefficient (Wildman–Crippen LogP) is 4.12. The van der Waals surface area contributed by atoms with Crippen molar-refractivity contribution in [2.45, 2.75) is 38.3 Å². The van der Waals surface area contributed by atoms with E-state index in [-0.39, 0.29) is 0 Å². The van der Waals surface area contributed by atoms with Crippen molar-refractivity contribution in [2.24, 2.45) is 11.8 Å². The Morgan fingerprint density at radius 2 is 1.44 bits per heavy atom. The number of likely N-dealkylation sites (tertiary alicyclic amines) is 1. The lowest BCUT2D eigenvalue weighted by Gasteiger charge is -2.37. The smallest absolute Gasteiger partial charge is 0.0233 e. The minimum atomic E-state index is 0.721. The van der Waals surface area contributed by atoms with Gasteiger partial charge in [0, 0.05) is 12.6 Å². The summed E-state index contributed by atoms with van der Waals surface area (Å²) in [6, 6.07) is 22.7. The van der Waals surface area contributed by atoms with Crippen molar-refractivity contribution in [3.8, 4) is 0 Å². The average Bonchev–Trinajstić information content (AvgIpc) is 3.12. The third kappa shape index (κ3) is 4.31. The fourth-order valence-electron chi connectivity index (χ4n) is 4.79.